The monoisotopic (exact) mass is 298 g/mol. The molecule has 0 bridgehead atoms. The van der Waals surface area contributed by atoms with Crippen molar-refractivity contribution in [1.82, 2.24) is 0 Å². The number of carbonyl (C=O) groups excluding carboxylic acids is 1. The molecule has 0 aliphatic heterocycles. The van der Waals surface area contributed by atoms with E-state index >= 15 is 0 Å². The summed E-state index contributed by atoms with van der Waals surface area (Å²) in [5.74, 6) is 0.402. The zero-order chi connectivity index (χ0) is 15.6. The molecule has 21 heavy (non-hydrogen) atoms. The lowest BCUT2D eigenvalue weighted by atomic mass is 10.1. The second-order valence-electron chi connectivity index (χ2n) is 5.51. The van der Waals surface area contributed by atoms with Crippen molar-refractivity contribution in [3.8, 4) is 0 Å². The molecule has 124 valence electrons. The Balaban J connectivity index is 3.30. The first-order chi connectivity index (χ1) is 10.3. The van der Waals surface area contributed by atoms with Crippen LogP contribution in [0.1, 0.15) is 84.5 Å². The van der Waals surface area contributed by atoms with Crippen molar-refractivity contribution >= 4 is 6.29 Å². The molecule has 0 radical (unpaired) electrons. The summed E-state index contributed by atoms with van der Waals surface area (Å²) in [6.45, 7) is 5.28. The molecule has 0 spiro atoms. The van der Waals surface area contributed by atoms with E-state index in [-0.39, 0.29) is 6.79 Å². The molecule has 0 amide bonds. The van der Waals surface area contributed by atoms with Crippen LogP contribution in [0, 0.1) is 0 Å². The summed E-state index contributed by atoms with van der Waals surface area (Å²) in [5.41, 5.74) is 0. The second-order valence-corrected chi connectivity index (χ2v) is 5.51. The molecule has 0 aromatic heterocycles. The highest BCUT2D eigenvalue weighted by molar-refractivity contribution is 5.69. The zero-order valence-corrected chi connectivity index (χ0v) is 14.1. The van der Waals surface area contributed by atoms with E-state index < -0.39 is 0 Å². The first-order valence-corrected chi connectivity index (χ1v) is 8.71. The van der Waals surface area contributed by atoms with Gasteiger partial charge in [-0.05, 0) is 25.3 Å². The molecule has 0 aromatic rings. The fraction of sp³-hybridized carbons (Fsp3) is 0.833. The highest BCUT2D eigenvalue weighted by Crippen LogP contribution is 2.08. The van der Waals surface area contributed by atoms with Gasteiger partial charge >= 0.3 is 0 Å². The van der Waals surface area contributed by atoms with Gasteiger partial charge in [-0.3, -0.25) is 4.79 Å². The predicted molar refractivity (Wildman–Crippen MR) is 88.2 cm³/mol. The number of allylic oxidation sites excluding steroid dienone is 2. The van der Waals surface area contributed by atoms with Gasteiger partial charge in [0.1, 0.15) is 0 Å². The molecule has 3 heteroatoms. The van der Waals surface area contributed by atoms with E-state index in [0.717, 1.165) is 38.6 Å². The summed E-state index contributed by atoms with van der Waals surface area (Å²) in [4.78, 5) is 10.8. The average Bonchev–Trinajstić information content (AvgIpc) is 2.51. The van der Waals surface area contributed by atoms with Gasteiger partial charge in [0.2, 0.25) is 0 Å². The first-order valence-electron chi connectivity index (χ1n) is 8.71. The minimum atomic E-state index is 0.188. The minimum Gasteiger partial charge on any atom is -0.464 e. The Morgan fingerprint density at radius 1 is 0.857 bits per heavy atom. The summed E-state index contributed by atoms with van der Waals surface area (Å²) in [6, 6.07) is 0. The highest BCUT2D eigenvalue weighted by atomic mass is 16.7. The smallest absolute Gasteiger partial charge is 0.189 e. The van der Waals surface area contributed by atoms with Crippen LogP contribution in [0.5, 0.6) is 0 Å². The molecule has 0 saturated heterocycles. The van der Waals surface area contributed by atoms with Gasteiger partial charge in [0.15, 0.2) is 18.8 Å². The third-order valence-corrected chi connectivity index (χ3v) is 3.47. The maximum absolute atomic E-state index is 10.8. The van der Waals surface area contributed by atoms with Crippen molar-refractivity contribution in [3.05, 3.63) is 11.8 Å². The SMILES string of the molecule is CCCCC=C(C=O)OCOCCCCCCCCCC. The molecule has 0 N–H and O–H groups in total. The van der Waals surface area contributed by atoms with E-state index in [1.165, 1.54) is 44.9 Å². The van der Waals surface area contributed by atoms with Crippen LogP contribution in [-0.2, 0) is 14.3 Å². The number of aldehydes is 1. The largest absolute Gasteiger partial charge is 0.464 e. The van der Waals surface area contributed by atoms with Crippen molar-refractivity contribution < 1.29 is 14.3 Å². The van der Waals surface area contributed by atoms with Gasteiger partial charge in [-0.15, -0.1) is 0 Å². The fourth-order valence-corrected chi connectivity index (χ4v) is 2.10. The Hall–Kier alpha value is -0.830. The first kappa shape index (κ1) is 20.2. The van der Waals surface area contributed by atoms with Gasteiger partial charge < -0.3 is 9.47 Å². The summed E-state index contributed by atoms with van der Waals surface area (Å²) < 4.78 is 10.7. The van der Waals surface area contributed by atoms with E-state index in [9.17, 15) is 4.79 Å². The molecular formula is C18H34O3. The van der Waals surface area contributed by atoms with E-state index in [4.69, 9.17) is 9.47 Å². The minimum absolute atomic E-state index is 0.188. The lowest BCUT2D eigenvalue weighted by Gasteiger charge is -2.07. The van der Waals surface area contributed by atoms with Crippen LogP contribution in [-0.4, -0.2) is 19.7 Å². The third kappa shape index (κ3) is 15.4. The second kappa shape index (κ2) is 17.2. The number of hydrogen-bond donors (Lipinski definition) is 0. The average molecular weight is 298 g/mol. The lowest BCUT2D eigenvalue weighted by Crippen LogP contribution is -2.02. The zero-order valence-electron chi connectivity index (χ0n) is 14.1. The van der Waals surface area contributed by atoms with E-state index in [2.05, 4.69) is 13.8 Å². The van der Waals surface area contributed by atoms with Crippen molar-refractivity contribution in [2.45, 2.75) is 84.5 Å². The van der Waals surface area contributed by atoms with Crippen molar-refractivity contribution in [2.24, 2.45) is 0 Å². The van der Waals surface area contributed by atoms with Gasteiger partial charge in [-0.2, -0.15) is 0 Å². The quantitative estimate of drug-likeness (QED) is 0.126. The molecule has 0 rings (SSSR count). The van der Waals surface area contributed by atoms with Crippen LogP contribution >= 0.6 is 0 Å². The Kier molecular flexibility index (Phi) is 16.5. The Bertz CT molecular complexity index is 249. The summed E-state index contributed by atoms with van der Waals surface area (Å²) in [5, 5.41) is 0. The van der Waals surface area contributed by atoms with Crippen LogP contribution in [0.15, 0.2) is 11.8 Å². The molecule has 3 nitrogen and oxygen atoms in total. The van der Waals surface area contributed by atoms with Crippen LogP contribution in [0.2, 0.25) is 0 Å². The molecular weight excluding hydrogens is 264 g/mol. The van der Waals surface area contributed by atoms with Gasteiger partial charge in [-0.1, -0.05) is 65.2 Å². The van der Waals surface area contributed by atoms with Gasteiger partial charge in [0.25, 0.3) is 0 Å². The van der Waals surface area contributed by atoms with Crippen molar-refractivity contribution in [1.29, 1.82) is 0 Å². The van der Waals surface area contributed by atoms with E-state index in [0.29, 0.717) is 5.76 Å². The molecule has 0 aliphatic carbocycles. The maximum atomic E-state index is 10.8. The molecule has 0 saturated carbocycles. The van der Waals surface area contributed by atoms with Crippen LogP contribution in [0.4, 0.5) is 0 Å². The lowest BCUT2D eigenvalue weighted by molar-refractivity contribution is -0.111. The molecule has 0 fully saturated rings. The van der Waals surface area contributed by atoms with E-state index in [1.807, 2.05) is 6.08 Å². The normalized spacial score (nSPS) is 11.6. The molecule has 0 aliphatic rings. The van der Waals surface area contributed by atoms with Crippen LogP contribution in [0.25, 0.3) is 0 Å². The highest BCUT2D eigenvalue weighted by Gasteiger charge is 1.96. The third-order valence-electron chi connectivity index (χ3n) is 3.47. The molecule has 0 atom stereocenters. The predicted octanol–water partition coefficient (Wildman–Crippen LogP) is 5.39. The van der Waals surface area contributed by atoms with E-state index in [1.54, 1.807) is 0 Å². The number of unbranched alkanes of at least 4 members (excludes halogenated alkanes) is 9. The topological polar surface area (TPSA) is 35.5 Å². The van der Waals surface area contributed by atoms with Gasteiger partial charge in [0, 0.05) is 0 Å². The number of hydrogen-bond acceptors (Lipinski definition) is 3. The number of rotatable bonds is 16. The maximum Gasteiger partial charge on any atom is 0.189 e. The number of carbonyl (C=O) groups is 1. The van der Waals surface area contributed by atoms with Crippen LogP contribution in [0.3, 0.4) is 0 Å². The van der Waals surface area contributed by atoms with Crippen molar-refractivity contribution in [3.63, 3.8) is 0 Å². The Labute approximate surface area is 131 Å². The Morgan fingerprint density at radius 3 is 2.10 bits per heavy atom. The summed E-state index contributed by atoms with van der Waals surface area (Å²) >= 11 is 0. The summed E-state index contributed by atoms with van der Waals surface area (Å²) in [7, 11) is 0. The van der Waals surface area contributed by atoms with Crippen molar-refractivity contribution in [2.75, 3.05) is 13.4 Å². The fourth-order valence-electron chi connectivity index (χ4n) is 2.10. The standard InChI is InChI=1S/C18H34O3/c1-3-5-7-8-9-10-11-13-15-20-17-21-18(16-19)14-12-6-4-2/h14,16H,3-13,15,17H2,1-2H3. The molecule has 0 aromatic carbocycles. The summed E-state index contributed by atoms with van der Waals surface area (Å²) in [6.07, 6.45) is 16.0. The number of ether oxygens (including phenoxy) is 2. The van der Waals surface area contributed by atoms with Gasteiger partial charge in [0.05, 0.1) is 6.61 Å². The molecule has 0 heterocycles. The Morgan fingerprint density at radius 2 is 1.48 bits per heavy atom. The van der Waals surface area contributed by atoms with Crippen LogP contribution < -0.4 is 0 Å². The van der Waals surface area contributed by atoms with Gasteiger partial charge in [-0.25, -0.2) is 0 Å². The molecule has 0 unspecified atom stereocenters.